The first-order valence-electron chi connectivity index (χ1n) is 16.1. The van der Waals surface area contributed by atoms with Gasteiger partial charge in [0.05, 0.1) is 11.5 Å². The highest BCUT2D eigenvalue weighted by molar-refractivity contribution is 5.75. The molecular weight excluding hydrogens is 536 g/mol. The second kappa shape index (κ2) is 11.6. The number of aliphatic hydroxyl groups is 4. The van der Waals surface area contributed by atoms with Gasteiger partial charge in [0.1, 0.15) is 30.0 Å². The summed E-state index contributed by atoms with van der Waals surface area (Å²) in [7, 11) is 0. The Labute approximate surface area is 251 Å². The summed E-state index contributed by atoms with van der Waals surface area (Å²) in [6.07, 6.45) is 7.86. The van der Waals surface area contributed by atoms with E-state index in [1.807, 2.05) is 13.8 Å². The molecule has 0 radical (unpaired) electrons. The Balaban J connectivity index is 1.62. The average Bonchev–Trinajstić information content (AvgIpc) is 3.36. The number of rotatable bonds is 11. The van der Waals surface area contributed by atoms with Crippen LogP contribution in [0, 0.1) is 28.1 Å². The molecule has 2 bridgehead atoms. The van der Waals surface area contributed by atoms with Crippen LogP contribution in [0.2, 0.25) is 0 Å². The Bertz CT molecular complexity index is 1100. The Kier molecular flexibility index (Phi) is 9.19. The number of aliphatic hydroxyl groups excluding tert-OH is 3. The van der Waals surface area contributed by atoms with Gasteiger partial charge in [0, 0.05) is 29.1 Å². The van der Waals surface area contributed by atoms with Gasteiger partial charge in [-0.25, -0.2) is 0 Å². The molecule has 2 saturated carbocycles. The summed E-state index contributed by atoms with van der Waals surface area (Å²) in [4.78, 5) is 25.8. The molecule has 8 nitrogen and oxygen atoms in total. The van der Waals surface area contributed by atoms with Crippen LogP contribution in [-0.2, 0) is 19.1 Å². The molecule has 238 valence electrons. The zero-order chi connectivity index (χ0) is 31.3. The van der Waals surface area contributed by atoms with Crippen molar-refractivity contribution in [3.63, 3.8) is 0 Å². The second-order valence-corrected chi connectivity index (χ2v) is 15.1. The van der Waals surface area contributed by atoms with Crippen LogP contribution in [0.25, 0.3) is 0 Å². The number of hydrogen-bond acceptors (Lipinski definition) is 8. The van der Waals surface area contributed by atoms with Crippen molar-refractivity contribution >= 4 is 11.9 Å². The molecule has 0 amide bonds. The summed E-state index contributed by atoms with van der Waals surface area (Å²) in [6, 6.07) is 0. The van der Waals surface area contributed by atoms with Crippen molar-refractivity contribution < 1.29 is 39.5 Å². The molecule has 0 heterocycles. The van der Waals surface area contributed by atoms with Gasteiger partial charge in [0.25, 0.3) is 0 Å². The molecule has 4 aliphatic carbocycles. The quantitative estimate of drug-likeness (QED) is 0.154. The predicted molar refractivity (Wildman–Crippen MR) is 159 cm³/mol. The average molecular weight is 591 g/mol. The van der Waals surface area contributed by atoms with Crippen molar-refractivity contribution in [3.05, 3.63) is 23.3 Å². The fraction of sp³-hybridized carbons (Fsp3) is 0.824. The Morgan fingerprint density at radius 1 is 0.976 bits per heavy atom. The molecular formula is C34H54O8. The van der Waals surface area contributed by atoms with E-state index in [9.17, 15) is 30.0 Å². The number of ether oxygens (including phenoxy) is 2. The number of hydrogen-bond donors (Lipinski definition) is 4. The van der Waals surface area contributed by atoms with Crippen molar-refractivity contribution in [1.82, 2.24) is 0 Å². The molecule has 0 aromatic heterocycles. The largest absolute Gasteiger partial charge is 0.461 e. The molecule has 42 heavy (non-hydrogen) atoms. The molecule has 0 aromatic rings. The topological polar surface area (TPSA) is 134 Å². The number of carbonyl (C=O) groups is 2. The molecule has 4 rings (SSSR count). The van der Waals surface area contributed by atoms with E-state index in [1.165, 1.54) is 25.7 Å². The SMILES string of the molecule is CCCCCCCCCC(=O)O[C@@]12CCC34C=C(C)[C@H](O)[C@@]3(O)[C@H](O)C(COC(=O)C(C)(C)C)=C[C@H](C4O)[C@@H]1C2(C)C. The molecule has 8 heteroatoms. The van der Waals surface area contributed by atoms with Gasteiger partial charge >= 0.3 is 11.9 Å². The lowest BCUT2D eigenvalue weighted by Crippen LogP contribution is -2.64. The van der Waals surface area contributed by atoms with Crippen LogP contribution < -0.4 is 0 Å². The van der Waals surface area contributed by atoms with E-state index in [2.05, 4.69) is 6.92 Å². The van der Waals surface area contributed by atoms with Gasteiger partial charge in [0.15, 0.2) is 0 Å². The van der Waals surface area contributed by atoms with Crippen LogP contribution in [0.3, 0.4) is 0 Å². The van der Waals surface area contributed by atoms with Crippen molar-refractivity contribution in [2.75, 3.05) is 6.61 Å². The molecule has 0 aliphatic heterocycles. The number of carbonyl (C=O) groups excluding carboxylic acids is 2. The van der Waals surface area contributed by atoms with E-state index in [0.29, 0.717) is 18.4 Å². The Morgan fingerprint density at radius 3 is 2.21 bits per heavy atom. The molecule has 0 aromatic carbocycles. The van der Waals surface area contributed by atoms with Gasteiger partial charge in [-0.1, -0.05) is 71.4 Å². The minimum absolute atomic E-state index is 0.208. The summed E-state index contributed by atoms with van der Waals surface area (Å²) >= 11 is 0. The zero-order valence-electron chi connectivity index (χ0n) is 26.7. The highest BCUT2D eigenvalue weighted by Crippen LogP contribution is 2.75. The fourth-order valence-electron chi connectivity index (χ4n) is 8.42. The molecule has 2 fully saturated rings. The summed E-state index contributed by atoms with van der Waals surface area (Å²) in [6.45, 7) is 12.8. The van der Waals surface area contributed by atoms with Gasteiger partial charge < -0.3 is 29.9 Å². The van der Waals surface area contributed by atoms with E-state index in [0.717, 1.165) is 19.3 Å². The van der Waals surface area contributed by atoms with Gasteiger partial charge in [0.2, 0.25) is 0 Å². The number of unbranched alkanes of at least 4 members (excludes halogenated alkanes) is 6. The third kappa shape index (κ3) is 5.18. The minimum Gasteiger partial charge on any atom is -0.461 e. The molecule has 2 unspecified atom stereocenters. The van der Waals surface area contributed by atoms with Crippen LogP contribution >= 0.6 is 0 Å². The molecule has 4 aliphatic rings. The fourth-order valence-corrected chi connectivity index (χ4v) is 8.42. The molecule has 4 N–H and O–H groups in total. The standard InChI is InChI=1S/C34H54O8/c1-8-9-10-11-12-13-14-15-24(35)42-33-17-16-32-19-21(2)26(36)34(32,40)27(37)22(20-41-29(39)30(3,4)5)18-23(28(32)38)25(33)31(33,6)7/h18-19,23,25-28,36-38,40H,8-17,20H2,1-7H3/t23-,25+,26-,27+,28?,32?,33-,34+/m0/s1. The summed E-state index contributed by atoms with van der Waals surface area (Å²) < 4.78 is 11.9. The third-order valence-electron chi connectivity index (χ3n) is 11.0. The summed E-state index contributed by atoms with van der Waals surface area (Å²) in [5.41, 5.74) is -4.93. The summed E-state index contributed by atoms with van der Waals surface area (Å²) in [5.74, 6) is -1.62. The maximum absolute atomic E-state index is 13.2. The first kappa shape index (κ1) is 33.2. The van der Waals surface area contributed by atoms with Crippen LogP contribution in [0.5, 0.6) is 0 Å². The highest BCUT2D eigenvalue weighted by Gasteiger charge is 2.81. The smallest absolute Gasteiger partial charge is 0.311 e. The van der Waals surface area contributed by atoms with E-state index < -0.39 is 57.6 Å². The third-order valence-corrected chi connectivity index (χ3v) is 11.0. The Hall–Kier alpha value is -1.74. The highest BCUT2D eigenvalue weighted by atomic mass is 16.6. The van der Waals surface area contributed by atoms with Crippen molar-refractivity contribution in [2.45, 2.75) is 142 Å². The maximum Gasteiger partial charge on any atom is 0.311 e. The molecule has 0 saturated heterocycles. The first-order valence-corrected chi connectivity index (χ1v) is 16.1. The number of esters is 2. The predicted octanol–water partition coefficient (Wildman–Crippen LogP) is 4.76. The van der Waals surface area contributed by atoms with E-state index in [-0.39, 0.29) is 30.5 Å². The van der Waals surface area contributed by atoms with E-state index in [4.69, 9.17) is 9.47 Å². The van der Waals surface area contributed by atoms with E-state index in [1.54, 1.807) is 39.8 Å². The first-order chi connectivity index (χ1) is 19.5. The van der Waals surface area contributed by atoms with E-state index >= 15 is 0 Å². The second-order valence-electron chi connectivity index (χ2n) is 15.1. The normalized spacial score (nSPS) is 38.3. The monoisotopic (exact) mass is 590 g/mol. The lowest BCUT2D eigenvalue weighted by Gasteiger charge is -2.48. The van der Waals surface area contributed by atoms with Crippen molar-refractivity contribution in [1.29, 1.82) is 0 Å². The van der Waals surface area contributed by atoms with Crippen LogP contribution in [0.4, 0.5) is 0 Å². The van der Waals surface area contributed by atoms with Gasteiger partial charge in [-0.15, -0.1) is 0 Å². The maximum atomic E-state index is 13.2. The van der Waals surface area contributed by atoms with Crippen LogP contribution in [0.1, 0.15) is 113 Å². The number of fused-ring (bicyclic) bond motifs is 3. The lowest BCUT2D eigenvalue weighted by atomic mass is 9.62. The van der Waals surface area contributed by atoms with Crippen molar-refractivity contribution in [3.8, 4) is 0 Å². The van der Waals surface area contributed by atoms with Gasteiger partial charge in [-0.05, 0) is 58.1 Å². The lowest BCUT2D eigenvalue weighted by molar-refractivity contribution is -0.203. The van der Waals surface area contributed by atoms with Gasteiger partial charge in [-0.2, -0.15) is 0 Å². The minimum atomic E-state index is -2.14. The molecule has 8 atom stereocenters. The summed E-state index contributed by atoms with van der Waals surface area (Å²) in [5, 5.41) is 47.2. The molecule has 1 spiro atoms. The Morgan fingerprint density at radius 2 is 1.60 bits per heavy atom. The van der Waals surface area contributed by atoms with Crippen molar-refractivity contribution in [2.24, 2.45) is 28.1 Å². The zero-order valence-corrected chi connectivity index (χ0v) is 26.7. The van der Waals surface area contributed by atoms with Crippen LogP contribution in [0.15, 0.2) is 23.3 Å². The van der Waals surface area contributed by atoms with Gasteiger partial charge in [-0.3, -0.25) is 9.59 Å². The van der Waals surface area contributed by atoms with Crippen LogP contribution in [-0.4, -0.2) is 68.5 Å².